The largest absolute Gasteiger partial charge is 0.497 e. The van der Waals surface area contributed by atoms with Gasteiger partial charge in [-0.15, -0.1) is 11.3 Å². The molecule has 19 heavy (non-hydrogen) atoms. The number of nitrogens with two attached hydrogens (primary N) is 1. The summed E-state index contributed by atoms with van der Waals surface area (Å²) in [6.45, 7) is 0. The lowest BCUT2D eigenvalue weighted by Gasteiger charge is -2.15. The molecule has 0 spiro atoms. The number of nitrogens with zero attached hydrogens (tertiary/aromatic N) is 1. The second-order valence-corrected chi connectivity index (χ2v) is 6.06. The highest BCUT2D eigenvalue weighted by Crippen LogP contribution is 2.33. The molecule has 0 fully saturated rings. The first kappa shape index (κ1) is 12.6. The standard InChI is InChI=1S/C15H18N2OS/c1-18-11-7-5-10(6-8-11)9-14-17-13-4-2-3-12(16)15(13)19-14/h5-8,12H,2-4,9,16H2,1H3. The monoisotopic (exact) mass is 274 g/mol. The summed E-state index contributed by atoms with van der Waals surface area (Å²) < 4.78 is 5.17. The number of methoxy groups -OCH3 is 1. The third-order valence-corrected chi connectivity index (χ3v) is 4.78. The number of hydrogen-bond acceptors (Lipinski definition) is 4. The van der Waals surface area contributed by atoms with Crippen LogP contribution < -0.4 is 10.5 Å². The first-order chi connectivity index (χ1) is 9.26. The van der Waals surface area contributed by atoms with Crippen LogP contribution in [-0.2, 0) is 12.8 Å². The highest BCUT2D eigenvalue weighted by molar-refractivity contribution is 7.11. The number of benzene rings is 1. The van der Waals surface area contributed by atoms with Crippen molar-refractivity contribution in [1.29, 1.82) is 0 Å². The van der Waals surface area contributed by atoms with Gasteiger partial charge in [0.15, 0.2) is 0 Å². The van der Waals surface area contributed by atoms with E-state index in [4.69, 9.17) is 15.5 Å². The first-order valence-corrected chi connectivity index (χ1v) is 7.45. The van der Waals surface area contributed by atoms with Gasteiger partial charge < -0.3 is 10.5 Å². The van der Waals surface area contributed by atoms with Gasteiger partial charge in [-0.3, -0.25) is 0 Å². The summed E-state index contributed by atoms with van der Waals surface area (Å²) in [6.07, 6.45) is 4.23. The maximum Gasteiger partial charge on any atom is 0.118 e. The molecule has 1 atom stereocenters. The summed E-state index contributed by atoms with van der Waals surface area (Å²) in [6, 6.07) is 8.38. The predicted molar refractivity (Wildman–Crippen MR) is 77.8 cm³/mol. The molecule has 1 aliphatic carbocycles. The number of ether oxygens (including phenoxy) is 1. The van der Waals surface area contributed by atoms with Crippen LogP contribution in [0.3, 0.4) is 0 Å². The Labute approximate surface area is 117 Å². The maximum absolute atomic E-state index is 6.14. The zero-order chi connectivity index (χ0) is 13.2. The lowest BCUT2D eigenvalue weighted by molar-refractivity contribution is 0.414. The average Bonchev–Trinajstić information content (AvgIpc) is 2.84. The van der Waals surface area contributed by atoms with Gasteiger partial charge in [-0.25, -0.2) is 4.98 Å². The van der Waals surface area contributed by atoms with Crippen LogP contribution in [0.15, 0.2) is 24.3 Å². The van der Waals surface area contributed by atoms with Gasteiger partial charge in [0, 0.05) is 17.3 Å². The molecule has 1 unspecified atom stereocenters. The fourth-order valence-corrected chi connectivity index (χ4v) is 3.68. The van der Waals surface area contributed by atoms with Crippen molar-refractivity contribution < 1.29 is 4.74 Å². The highest BCUT2D eigenvalue weighted by Gasteiger charge is 2.21. The molecule has 2 N–H and O–H groups in total. The number of aromatic nitrogens is 1. The molecule has 0 saturated carbocycles. The van der Waals surface area contributed by atoms with Gasteiger partial charge >= 0.3 is 0 Å². The molecule has 0 aliphatic heterocycles. The van der Waals surface area contributed by atoms with Crippen molar-refractivity contribution in [2.45, 2.75) is 31.7 Å². The van der Waals surface area contributed by atoms with Gasteiger partial charge in [-0.1, -0.05) is 12.1 Å². The SMILES string of the molecule is COc1ccc(Cc2nc3c(s2)C(N)CCC3)cc1. The van der Waals surface area contributed by atoms with Crippen molar-refractivity contribution in [3.05, 3.63) is 45.4 Å². The van der Waals surface area contributed by atoms with Gasteiger partial charge in [0.2, 0.25) is 0 Å². The van der Waals surface area contributed by atoms with Gasteiger partial charge in [0.25, 0.3) is 0 Å². The fourth-order valence-electron chi connectivity index (χ4n) is 2.50. The Bertz CT molecular complexity index is 562. The minimum atomic E-state index is 0.200. The van der Waals surface area contributed by atoms with Crippen LogP contribution in [0, 0.1) is 0 Å². The van der Waals surface area contributed by atoms with Gasteiger partial charge in [0.1, 0.15) is 5.75 Å². The molecular formula is C15H18N2OS. The van der Waals surface area contributed by atoms with E-state index in [2.05, 4.69) is 12.1 Å². The predicted octanol–water partition coefficient (Wildman–Crippen LogP) is 3.08. The summed E-state index contributed by atoms with van der Waals surface area (Å²) in [5, 5.41) is 1.17. The number of aryl methyl sites for hydroxylation is 1. The number of hydrogen-bond donors (Lipinski definition) is 1. The average molecular weight is 274 g/mol. The van der Waals surface area contributed by atoms with Crippen molar-refractivity contribution in [3.63, 3.8) is 0 Å². The van der Waals surface area contributed by atoms with Gasteiger partial charge in [-0.2, -0.15) is 0 Å². The molecule has 0 saturated heterocycles. The quantitative estimate of drug-likeness (QED) is 0.935. The van der Waals surface area contributed by atoms with Crippen LogP contribution in [0.2, 0.25) is 0 Å². The minimum Gasteiger partial charge on any atom is -0.497 e. The molecule has 0 amide bonds. The molecule has 100 valence electrons. The zero-order valence-electron chi connectivity index (χ0n) is 11.1. The van der Waals surface area contributed by atoms with E-state index in [-0.39, 0.29) is 6.04 Å². The normalized spacial score (nSPS) is 18.1. The molecule has 3 nitrogen and oxygen atoms in total. The summed E-state index contributed by atoms with van der Waals surface area (Å²) in [5.41, 5.74) is 8.64. The van der Waals surface area contributed by atoms with E-state index in [1.165, 1.54) is 27.6 Å². The smallest absolute Gasteiger partial charge is 0.118 e. The molecule has 2 aromatic rings. The molecule has 0 radical (unpaired) electrons. The Morgan fingerprint density at radius 3 is 2.84 bits per heavy atom. The summed E-state index contributed by atoms with van der Waals surface area (Å²) >= 11 is 1.78. The number of rotatable bonds is 3. The van der Waals surface area contributed by atoms with Crippen molar-refractivity contribution >= 4 is 11.3 Å². The molecule has 4 heteroatoms. The van der Waals surface area contributed by atoms with E-state index in [1.807, 2.05) is 12.1 Å². The topological polar surface area (TPSA) is 48.1 Å². The van der Waals surface area contributed by atoms with E-state index in [0.717, 1.165) is 25.0 Å². The molecule has 3 rings (SSSR count). The van der Waals surface area contributed by atoms with Crippen molar-refractivity contribution in [2.24, 2.45) is 5.73 Å². The maximum atomic E-state index is 6.14. The van der Waals surface area contributed by atoms with Crippen LogP contribution in [-0.4, -0.2) is 12.1 Å². The lowest BCUT2D eigenvalue weighted by atomic mass is 9.99. The van der Waals surface area contributed by atoms with Crippen molar-refractivity contribution in [3.8, 4) is 5.75 Å². The van der Waals surface area contributed by atoms with Crippen molar-refractivity contribution in [2.75, 3.05) is 7.11 Å². The Kier molecular flexibility index (Phi) is 3.53. The Morgan fingerprint density at radius 2 is 2.16 bits per heavy atom. The summed E-state index contributed by atoms with van der Waals surface area (Å²) in [4.78, 5) is 6.05. The van der Waals surface area contributed by atoms with Gasteiger partial charge in [0.05, 0.1) is 17.8 Å². The third-order valence-electron chi connectivity index (χ3n) is 3.55. The molecular weight excluding hydrogens is 256 g/mol. The zero-order valence-corrected chi connectivity index (χ0v) is 11.9. The third kappa shape index (κ3) is 2.65. The summed E-state index contributed by atoms with van der Waals surface area (Å²) in [5.74, 6) is 0.893. The summed E-state index contributed by atoms with van der Waals surface area (Å²) in [7, 11) is 1.69. The van der Waals surface area contributed by atoms with E-state index < -0.39 is 0 Å². The highest BCUT2D eigenvalue weighted by atomic mass is 32.1. The van der Waals surface area contributed by atoms with Crippen LogP contribution in [0.25, 0.3) is 0 Å². The molecule has 1 aromatic heterocycles. The Morgan fingerprint density at radius 1 is 1.37 bits per heavy atom. The first-order valence-electron chi connectivity index (χ1n) is 6.63. The van der Waals surface area contributed by atoms with Crippen molar-refractivity contribution in [1.82, 2.24) is 4.98 Å². The van der Waals surface area contributed by atoms with Crippen LogP contribution in [0.1, 0.15) is 40.0 Å². The van der Waals surface area contributed by atoms with E-state index in [9.17, 15) is 0 Å². The van der Waals surface area contributed by atoms with Crippen LogP contribution in [0.4, 0.5) is 0 Å². The molecule has 1 aliphatic rings. The molecule has 1 aromatic carbocycles. The second-order valence-electron chi connectivity index (χ2n) is 4.94. The molecule has 1 heterocycles. The Hall–Kier alpha value is -1.39. The fraction of sp³-hybridized carbons (Fsp3) is 0.400. The molecule has 0 bridgehead atoms. The van der Waals surface area contributed by atoms with Gasteiger partial charge in [-0.05, 0) is 37.0 Å². The minimum absolute atomic E-state index is 0.200. The van der Waals surface area contributed by atoms with E-state index >= 15 is 0 Å². The Balaban J connectivity index is 1.79. The van der Waals surface area contributed by atoms with E-state index in [1.54, 1.807) is 18.4 Å². The number of thiazole rings is 1. The van der Waals surface area contributed by atoms with E-state index in [0.29, 0.717) is 0 Å². The number of fused-ring (bicyclic) bond motifs is 1. The lowest BCUT2D eigenvalue weighted by Crippen LogP contribution is -2.15. The van der Waals surface area contributed by atoms with Crippen LogP contribution >= 0.6 is 11.3 Å². The second kappa shape index (κ2) is 5.31. The van der Waals surface area contributed by atoms with Crippen LogP contribution in [0.5, 0.6) is 5.75 Å².